The molecule has 3 heteroatoms. The van der Waals surface area contributed by atoms with Gasteiger partial charge in [-0.05, 0) is 42.8 Å². The molecule has 0 radical (unpaired) electrons. The quantitative estimate of drug-likeness (QED) is 0.886. The highest BCUT2D eigenvalue weighted by molar-refractivity contribution is 6.30. The Morgan fingerprint density at radius 1 is 1.26 bits per heavy atom. The van der Waals surface area contributed by atoms with Crippen LogP contribution in [0.5, 0.6) is 0 Å². The van der Waals surface area contributed by atoms with E-state index in [0.29, 0.717) is 6.04 Å². The van der Waals surface area contributed by atoms with Gasteiger partial charge in [-0.2, -0.15) is 0 Å². The third-order valence-electron chi connectivity index (χ3n) is 2.99. The zero-order valence-electron chi connectivity index (χ0n) is 10.9. The maximum absolute atomic E-state index is 5.90. The van der Waals surface area contributed by atoms with Gasteiger partial charge in [-0.25, -0.2) is 0 Å². The summed E-state index contributed by atoms with van der Waals surface area (Å²) in [7, 11) is 1.97. The molecule has 0 spiro atoms. The normalized spacial score (nSPS) is 12.7. The van der Waals surface area contributed by atoms with E-state index in [2.05, 4.69) is 34.6 Å². The average molecular weight is 273 g/mol. The van der Waals surface area contributed by atoms with Crippen molar-refractivity contribution in [2.75, 3.05) is 7.05 Å². The second-order valence-corrected chi connectivity index (χ2v) is 4.75. The van der Waals surface area contributed by atoms with Crippen LogP contribution in [0.1, 0.15) is 23.6 Å². The van der Waals surface area contributed by atoms with Crippen LogP contribution in [0.3, 0.4) is 0 Å². The summed E-state index contributed by atoms with van der Waals surface area (Å²) in [4.78, 5) is 4.09. The molecule has 0 aliphatic carbocycles. The summed E-state index contributed by atoms with van der Waals surface area (Å²) in [6.45, 7) is 0. The molecule has 19 heavy (non-hydrogen) atoms. The van der Waals surface area contributed by atoms with Crippen LogP contribution in [0.15, 0.2) is 54.9 Å². The highest BCUT2D eigenvalue weighted by atomic mass is 35.5. The van der Waals surface area contributed by atoms with Gasteiger partial charge < -0.3 is 5.32 Å². The number of benzene rings is 1. The first-order valence-electron chi connectivity index (χ1n) is 6.29. The van der Waals surface area contributed by atoms with E-state index in [4.69, 9.17) is 11.6 Å². The number of nitrogens with one attached hydrogen (secondary N) is 1. The van der Waals surface area contributed by atoms with Gasteiger partial charge in [-0.3, -0.25) is 4.98 Å². The van der Waals surface area contributed by atoms with Crippen molar-refractivity contribution in [3.8, 4) is 0 Å². The number of hydrogen-bond acceptors (Lipinski definition) is 2. The van der Waals surface area contributed by atoms with Crippen molar-refractivity contribution in [3.05, 3.63) is 71.0 Å². The van der Waals surface area contributed by atoms with Gasteiger partial charge in [0.2, 0.25) is 0 Å². The number of halogens is 1. The summed E-state index contributed by atoms with van der Waals surface area (Å²) in [5, 5.41) is 4.08. The van der Waals surface area contributed by atoms with Crippen LogP contribution in [0.25, 0.3) is 6.08 Å². The lowest BCUT2D eigenvalue weighted by atomic mass is 10.0. The molecule has 0 aliphatic rings. The van der Waals surface area contributed by atoms with E-state index in [1.54, 1.807) is 6.20 Å². The molecule has 0 saturated heterocycles. The lowest BCUT2D eigenvalue weighted by Crippen LogP contribution is -2.15. The molecule has 1 aromatic heterocycles. The molecule has 0 saturated carbocycles. The first kappa shape index (κ1) is 13.8. The van der Waals surface area contributed by atoms with E-state index in [9.17, 15) is 0 Å². The Balaban J connectivity index is 2.00. The molecule has 1 atom stereocenters. The smallest absolute Gasteiger partial charge is 0.0406 e. The maximum atomic E-state index is 5.90. The Bertz CT molecular complexity index is 520. The second kappa shape index (κ2) is 7.07. The van der Waals surface area contributed by atoms with Crippen LogP contribution in [0.4, 0.5) is 0 Å². The number of hydrogen-bond donors (Lipinski definition) is 1. The van der Waals surface area contributed by atoms with E-state index in [0.717, 1.165) is 17.0 Å². The molecule has 1 N–H and O–H groups in total. The van der Waals surface area contributed by atoms with Crippen molar-refractivity contribution in [2.45, 2.75) is 12.5 Å². The van der Waals surface area contributed by atoms with Gasteiger partial charge in [0.15, 0.2) is 0 Å². The zero-order chi connectivity index (χ0) is 13.5. The summed E-state index contributed by atoms with van der Waals surface area (Å²) in [6, 6.07) is 12.2. The average Bonchev–Trinajstić information content (AvgIpc) is 2.46. The number of rotatable bonds is 5. The summed E-state index contributed by atoms with van der Waals surface area (Å²) in [5.41, 5.74) is 2.36. The predicted molar refractivity (Wildman–Crippen MR) is 81.1 cm³/mol. The van der Waals surface area contributed by atoms with Crippen LogP contribution < -0.4 is 5.32 Å². The second-order valence-electron chi connectivity index (χ2n) is 4.32. The minimum Gasteiger partial charge on any atom is -0.313 e. The van der Waals surface area contributed by atoms with Gasteiger partial charge in [-0.1, -0.05) is 42.0 Å². The Kier molecular flexibility index (Phi) is 5.13. The highest BCUT2D eigenvalue weighted by Gasteiger charge is 2.06. The first-order chi connectivity index (χ1) is 9.29. The molecule has 1 aromatic carbocycles. The molecule has 0 fully saturated rings. The molecular formula is C16H17ClN2. The van der Waals surface area contributed by atoms with Gasteiger partial charge in [0.1, 0.15) is 0 Å². The summed E-state index contributed by atoms with van der Waals surface area (Å²) in [6.07, 6.45) is 8.81. The Morgan fingerprint density at radius 2 is 2.05 bits per heavy atom. The fraction of sp³-hybridized carbons (Fsp3) is 0.188. The fourth-order valence-electron chi connectivity index (χ4n) is 1.93. The lowest BCUT2D eigenvalue weighted by Gasteiger charge is -2.14. The monoisotopic (exact) mass is 272 g/mol. The van der Waals surface area contributed by atoms with Crippen LogP contribution in [0.2, 0.25) is 5.02 Å². The van der Waals surface area contributed by atoms with E-state index >= 15 is 0 Å². The third kappa shape index (κ3) is 4.19. The highest BCUT2D eigenvalue weighted by Crippen LogP contribution is 2.19. The zero-order valence-corrected chi connectivity index (χ0v) is 11.6. The Morgan fingerprint density at radius 3 is 2.68 bits per heavy atom. The largest absolute Gasteiger partial charge is 0.313 e. The SMILES string of the molecule is CNC(CC=Cc1cccnc1)c1ccc(Cl)cc1. The molecule has 2 rings (SSSR count). The number of nitrogens with zero attached hydrogens (tertiary/aromatic N) is 1. The van der Waals surface area contributed by atoms with Gasteiger partial charge in [0, 0.05) is 23.5 Å². The number of pyridine rings is 1. The molecule has 2 nitrogen and oxygen atoms in total. The molecule has 0 amide bonds. The van der Waals surface area contributed by atoms with E-state index in [1.807, 2.05) is 37.5 Å². The predicted octanol–water partition coefficient (Wildman–Crippen LogP) is 4.10. The standard InChI is InChI=1S/C16H17ClN2/c1-18-16(14-7-9-15(17)10-8-14)6-2-4-13-5-3-11-19-12-13/h2-5,7-12,16,18H,6H2,1H3. The number of aromatic nitrogens is 1. The van der Waals surface area contributed by atoms with Gasteiger partial charge in [-0.15, -0.1) is 0 Å². The van der Waals surface area contributed by atoms with Crippen LogP contribution in [-0.4, -0.2) is 12.0 Å². The molecule has 98 valence electrons. The van der Waals surface area contributed by atoms with Crippen molar-refractivity contribution in [2.24, 2.45) is 0 Å². The van der Waals surface area contributed by atoms with Crippen molar-refractivity contribution >= 4 is 17.7 Å². The van der Waals surface area contributed by atoms with E-state index in [-0.39, 0.29) is 0 Å². The minimum atomic E-state index is 0.296. The minimum absolute atomic E-state index is 0.296. The maximum Gasteiger partial charge on any atom is 0.0406 e. The van der Waals surface area contributed by atoms with Gasteiger partial charge >= 0.3 is 0 Å². The van der Waals surface area contributed by atoms with Gasteiger partial charge in [0.05, 0.1) is 0 Å². The summed E-state index contributed by atoms with van der Waals surface area (Å²) < 4.78 is 0. The third-order valence-corrected chi connectivity index (χ3v) is 3.24. The molecular weight excluding hydrogens is 256 g/mol. The summed E-state index contributed by atoms with van der Waals surface area (Å²) in [5.74, 6) is 0. The van der Waals surface area contributed by atoms with E-state index < -0.39 is 0 Å². The Labute approximate surface area is 119 Å². The molecule has 2 aromatic rings. The summed E-state index contributed by atoms with van der Waals surface area (Å²) >= 11 is 5.90. The van der Waals surface area contributed by atoms with Crippen LogP contribution >= 0.6 is 11.6 Å². The lowest BCUT2D eigenvalue weighted by molar-refractivity contribution is 0.604. The molecule has 0 aliphatic heterocycles. The molecule has 0 bridgehead atoms. The Hall–Kier alpha value is -1.64. The topological polar surface area (TPSA) is 24.9 Å². The van der Waals surface area contributed by atoms with Crippen molar-refractivity contribution in [1.82, 2.24) is 10.3 Å². The molecule has 1 unspecified atom stereocenters. The van der Waals surface area contributed by atoms with Crippen molar-refractivity contribution in [3.63, 3.8) is 0 Å². The van der Waals surface area contributed by atoms with Crippen LogP contribution in [-0.2, 0) is 0 Å². The van der Waals surface area contributed by atoms with Crippen LogP contribution in [0, 0.1) is 0 Å². The fourth-order valence-corrected chi connectivity index (χ4v) is 2.06. The first-order valence-corrected chi connectivity index (χ1v) is 6.66. The molecule has 1 heterocycles. The van der Waals surface area contributed by atoms with Crippen molar-refractivity contribution in [1.29, 1.82) is 0 Å². The van der Waals surface area contributed by atoms with Crippen molar-refractivity contribution < 1.29 is 0 Å². The van der Waals surface area contributed by atoms with E-state index in [1.165, 1.54) is 5.56 Å². The van der Waals surface area contributed by atoms with Gasteiger partial charge in [0.25, 0.3) is 0 Å².